The third kappa shape index (κ3) is 4.09. The molecule has 1 aromatic carbocycles. The van der Waals surface area contributed by atoms with Crippen molar-refractivity contribution in [3.05, 3.63) is 59.4 Å². The number of halogens is 2. The zero-order chi connectivity index (χ0) is 18.5. The molecule has 0 saturated heterocycles. The van der Waals surface area contributed by atoms with Crippen LogP contribution in [0.25, 0.3) is 0 Å². The van der Waals surface area contributed by atoms with Gasteiger partial charge in [0.15, 0.2) is 17.3 Å². The van der Waals surface area contributed by atoms with E-state index in [1.165, 1.54) is 6.07 Å². The summed E-state index contributed by atoms with van der Waals surface area (Å²) in [6, 6.07) is 4.80. The molecule has 0 radical (unpaired) electrons. The first-order valence-electron chi connectivity index (χ1n) is 8.68. The summed E-state index contributed by atoms with van der Waals surface area (Å²) >= 11 is 0. The van der Waals surface area contributed by atoms with E-state index in [1.54, 1.807) is 11.0 Å². The summed E-state index contributed by atoms with van der Waals surface area (Å²) in [5, 5.41) is 6.78. The highest BCUT2D eigenvalue weighted by Gasteiger charge is 2.26. The fraction of sp³-hybridized carbons (Fsp3) is 0.368. The van der Waals surface area contributed by atoms with Gasteiger partial charge in [-0.05, 0) is 24.6 Å². The zero-order valence-electron chi connectivity index (χ0n) is 14.5. The van der Waals surface area contributed by atoms with Crippen LogP contribution in [0.15, 0.2) is 36.4 Å². The number of hydrogen-bond acceptors (Lipinski definition) is 3. The van der Waals surface area contributed by atoms with Gasteiger partial charge in [0.25, 0.3) is 5.91 Å². The molecule has 26 heavy (non-hydrogen) atoms. The molecule has 0 spiro atoms. The van der Waals surface area contributed by atoms with Gasteiger partial charge in [0.1, 0.15) is 12.4 Å². The predicted molar refractivity (Wildman–Crippen MR) is 92.8 cm³/mol. The quantitative estimate of drug-likeness (QED) is 0.763. The lowest BCUT2D eigenvalue weighted by atomic mass is 10.1. The van der Waals surface area contributed by atoms with Gasteiger partial charge < -0.3 is 9.64 Å². The van der Waals surface area contributed by atoms with Crippen molar-refractivity contribution in [3.8, 4) is 5.75 Å². The fourth-order valence-electron chi connectivity index (χ4n) is 2.91. The van der Waals surface area contributed by atoms with Crippen LogP contribution in [0.5, 0.6) is 5.75 Å². The van der Waals surface area contributed by atoms with Crippen molar-refractivity contribution in [2.45, 2.75) is 38.8 Å². The Morgan fingerprint density at radius 3 is 3.00 bits per heavy atom. The van der Waals surface area contributed by atoms with E-state index in [1.807, 2.05) is 6.08 Å². The second-order valence-electron chi connectivity index (χ2n) is 6.24. The highest BCUT2D eigenvalue weighted by atomic mass is 19.1. The summed E-state index contributed by atoms with van der Waals surface area (Å²) in [6.07, 6.45) is 7.12. The summed E-state index contributed by atoms with van der Waals surface area (Å²) in [4.78, 5) is 14.4. The Hall–Kier alpha value is -2.70. The summed E-state index contributed by atoms with van der Waals surface area (Å²) in [7, 11) is 0. The Morgan fingerprint density at radius 1 is 1.38 bits per heavy atom. The lowest BCUT2D eigenvalue weighted by molar-refractivity contribution is 0.0737. The van der Waals surface area contributed by atoms with Crippen molar-refractivity contribution < 1.29 is 18.3 Å². The minimum absolute atomic E-state index is 0.000343. The van der Waals surface area contributed by atoms with Crippen molar-refractivity contribution in [2.24, 2.45) is 0 Å². The van der Waals surface area contributed by atoms with Gasteiger partial charge >= 0.3 is 0 Å². The second kappa shape index (κ2) is 8.12. The molecule has 138 valence electrons. The lowest BCUT2D eigenvalue weighted by Crippen LogP contribution is -2.36. The Morgan fingerprint density at radius 2 is 2.23 bits per heavy atom. The molecule has 0 fully saturated rings. The third-order valence-electron chi connectivity index (χ3n) is 4.30. The van der Waals surface area contributed by atoms with E-state index in [4.69, 9.17) is 4.74 Å². The standard InChI is InChI=1S/C19H21F2N3O2/c1-2-3-5-15-6-4-9-24(15)19(25)17-11-14(22-23-17)12-26-18-8-7-13(20)10-16(18)21/h4,6-8,10-11,15H,2-3,5,9,12H2,1H3,(H,22,23)/t15-/m1/s1. The maximum Gasteiger partial charge on any atom is 0.275 e. The molecule has 0 aliphatic carbocycles. The smallest absolute Gasteiger partial charge is 0.275 e. The van der Waals surface area contributed by atoms with Crippen LogP contribution in [0.3, 0.4) is 0 Å². The Bertz CT molecular complexity index is 804. The van der Waals surface area contributed by atoms with Gasteiger partial charge in [-0.15, -0.1) is 0 Å². The number of carbonyl (C=O) groups excluding carboxylic acids is 1. The fourth-order valence-corrected chi connectivity index (χ4v) is 2.91. The van der Waals surface area contributed by atoms with Crippen LogP contribution in [0.4, 0.5) is 8.78 Å². The normalized spacial score (nSPS) is 16.3. The minimum atomic E-state index is -0.775. The molecular weight excluding hydrogens is 340 g/mol. The average Bonchev–Trinajstić information content (AvgIpc) is 3.28. The van der Waals surface area contributed by atoms with E-state index in [-0.39, 0.29) is 24.3 Å². The summed E-state index contributed by atoms with van der Waals surface area (Å²) in [5.74, 6) is -1.65. The Labute approximate surface area is 150 Å². The molecule has 1 atom stereocenters. The molecule has 5 nitrogen and oxygen atoms in total. The molecular formula is C19H21F2N3O2. The molecule has 1 aliphatic rings. The molecule has 2 heterocycles. The summed E-state index contributed by atoms with van der Waals surface area (Å²) in [6.45, 7) is 2.70. The van der Waals surface area contributed by atoms with Crippen LogP contribution >= 0.6 is 0 Å². The molecule has 7 heteroatoms. The van der Waals surface area contributed by atoms with Gasteiger partial charge in [-0.2, -0.15) is 5.10 Å². The van der Waals surface area contributed by atoms with Gasteiger partial charge in [0.2, 0.25) is 0 Å². The molecule has 1 aliphatic heterocycles. The van der Waals surface area contributed by atoms with Gasteiger partial charge in [0.05, 0.1) is 11.7 Å². The van der Waals surface area contributed by atoms with Crippen LogP contribution in [-0.4, -0.2) is 33.6 Å². The number of unbranched alkanes of at least 4 members (excludes halogenated alkanes) is 1. The zero-order valence-corrected chi connectivity index (χ0v) is 14.5. The first-order valence-corrected chi connectivity index (χ1v) is 8.68. The van der Waals surface area contributed by atoms with Crippen LogP contribution in [0.1, 0.15) is 42.4 Å². The third-order valence-corrected chi connectivity index (χ3v) is 4.30. The van der Waals surface area contributed by atoms with Gasteiger partial charge in [-0.25, -0.2) is 8.78 Å². The van der Waals surface area contributed by atoms with Gasteiger partial charge in [-0.3, -0.25) is 9.89 Å². The second-order valence-corrected chi connectivity index (χ2v) is 6.24. The van der Waals surface area contributed by atoms with Crippen molar-refractivity contribution in [1.82, 2.24) is 15.1 Å². The number of hydrogen-bond donors (Lipinski definition) is 1. The molecule has 2 aromatic rings. The van der Waals surface area contributed by atoms with E-state index >= 15 is 0 Å². The summed E-state index contributed by atoms with van der Waals surface area (Å²) in [5.41, 5.74) is 0.836. The van der Waals surface area contributed by atoms with Gasteiger partial charge in [-0.1, -0.05) is 31.9 Å². The topological polar surface area (TPSA) is 58.2 Å². The minimum Gasteiger partial charge on any atom is -0.484 e. The van der Waals surface area contributed by atoms with Crippen LogP contribution in [0, 0.1) is 11.6 Å². The van der Waals surface area contributed by atoms with E-state index in [0.29, 0.717) is 17.9 Å². The number of ether oxygens (including phenoxy) is 1. The largest absolute Gasteiger partial charge is 0.484 e. The van der Waals surface area contributed by atoms with Crippen molar-refractivity contribution >= 4 is 5.91 Å². The van der Waals surface area contributed by atoms with Crippen molar-refractivity contribution in [2.75, 3.05) is 6.54 Å². The molecule has 1 amide bonds. The number of aromatic nitrogens is 2. The van der Waals surface area contributed by atoms with Crippen LogP contribution in [-0.2, 0) is 6.61 Å². The Balaban J connectivity index is 1.61. The monoisotopic (exact) mass is 361 g/mol. The van der Waals surface area contributed by atoms with E-state index in [0.717, 1.165) is 31.4 Å². The number of amides is 1. The van der Waals surface area contributed by atoms with E-state index in [2.05, 4.69) is 23.2 Å². The van der Waals surface area contributed by atoms with Crippen molar-refractivity contribution in [3.63, 3.8) is 0 Å². The lowest BCUT2D eigenvalue weighted by Gasteiger charge is -2.23. The van der Waals surface area contributed by atoms with E-state index in [9.17, 15) is 13.6 Å². The number of rotatable bonds is 7. The maximum atomic E-state index is 13.6. The highest BCUT2D eigenvalue weighted by molar-refractivity contribution is 5.93. The number of nitrogens with one attached hydrogen (secondary N) is 1. The molecule has 0 saturated carbocycles. The molecule has 3 rings (SSSR count). The van der Waals surface area contributed by atoms with E-state index < -0.39 is 11.6 Å². The number of carbonyl (C=O) groups is 1. The van der Waals surface area contributed by atoms with Crippen molar-refractivity contribution in [1.29, 1.82) is 0 Å². The first-order chi connectivity index (χ1) is 12.6. The molecule has 0 bridgehead atoms. The predicted octanol–water partition coefficient (Wildman–Crippen LogP) is 3.84. The average molecular weight is 361 g/mol. The summed E-state index contributed by atoms with van der Waals surface area (Å²) < 4.78 is 31.8. The number of benzene rings is 1. The van der Waals surface area contributed by atoms with Crippen LogP contribution in [0.2, 0.25) is 0 Å². The Kier molecular flexibility index (Phi) is 5.65. The highest BCUT2D eigenvalue weighted by Crippen LogP contribution is 2.20. The van der Waals surface area contributed by atoms with Crippen LogP contribution < -0.4 is 4.74 Å². The molecule has 0 unspecified atom stereocenters. The maximum absolute atomic E-state index is 13.6. The number of nitrogens with zero attached hydrogens (tertiary/aromatic N) is 2. The first kappa shape index (κ1) is 18.1. The number of aromatic amines is 1. The number of H-pyrrole nitrogens is 1. The molecule has 1 N–H and O–H groups in total. The SMILES string of the molecule is CCCC[C@@H]1C=CCN1C(=O)c1cc(COc2ccc(F)cc2F)[nH]n1. The molecule has 1 aromatic heterocycles. The van der Waals surface area contributed by atoms with Gasteiger partial charge in [0, 0.05) is 12.6 Å².